The maximum atomic E-state index is 5.39. The Labute approximate surface area is 106 Å². The molecule has 0 spiro atoms. The predicted octanol–water partition coefficient (Wildman–Crippen LogP) is 2.85. The lowest BCUT2D eigenvalue weighted by molar-refractivity contribution is 0.122. The number of ether oxygens (including phenoxy) is 1. The van der Waals surface area contributed by atoms with E-state index in [-0.39, 0.29) is 0 Å². The largest absolute Gasteiger partial charge is 0.378 e. The normalized spacial score (nSPS) is 16.4. The molecule has 1 aromatic rings. The van der Waals surface area contributed by atoms with Gasteiger partial charge >= 0.3 is 0 Å². The Hall–Kier alpha value is -0.540. The first-order valence-corrected chi connectivity index (χ1v) is 7.00. The average molecular weight is 284 g/mol. The van der Waals surface area contributed by atoms with E-state index in [2.05, 4.69) is 45.1 Å². The molecule has 0 radical (unpaired) electrons. The Morgan fingerprint density at radius 1 is 1.19 bits per heavy atom. The summed E-state index contributed by atoms with van der Waals surface area (Å²) < 4.78 is 5.39. The van der Waals surface area contributed by atoms with Crippen LogP contribution in [-0.4, -0.2) is 31.6 Å². The third-order valence-electron chi connectivity index (χ3n) is 2.92. The van der Waals surface area contributed by atoms with Gasteiger partial charge in [0.15, 0.2) is 0 Å². The number of hydrogen-bond donors (Lipinski definition) is 0. The maximum Gasteiger partial charge on any atom is 0.0642 e. The molecule has 2 nitrogen and oxygen atoms in total. The van der Waals surface area contributed by atoms with Crippen LogP contribution < -0.4 is 4.90 Å². The number of benzene rings is 1. The molecule has 3 heteroatoms. The molecule has 1 aliphatic rings. The number of hydrogen-bond acceptors (Lipinski definition) is 2. The van der Waals surface area contributed by atoms with E-state index in [0.717, 1.165) is 38.1 Å². The Morgan fingerprint density at radius 2 is 1.94 bits per heavy atom. The molecular weight excluding hydrogens is 266 g/mol. The Balaban J connectivity index is 2.11. The van der Waals surface area contributed by atoms with E-state index in [1.54, 1.807) is 0 Å². The fourth-order valence-electron chi connectivity index (χ4n) is 2.09. The Bertz CT molecular complexity index is 323. The van der Waals surface area contributed by atoms with Crippen molar-refractivity contribution >= 4 is 21.6 Å². The summed E-state index contributed by atoms with van der Waals surface area (Å²) in [5, 5.41) is 1.07. The van der Waals surface area contributed by atoms with E-state index in [1.165, 1.54) is 17.7 Å². The summed E-state index contributed by atoms with van der Waals surface area (Å²) in [5.74, 6) is 0. The van der Waals surface area contributed by atoms with Crippen LogP contribution in [-0.2, 0) is 11.2 Å². The number of anilines is 1. The minimum Gasteiger partial charge on any atom is -0.378 e. The highest BCUT2D eigenvalue weighted by Gasteiger charge is 2.13. The van der Waals surface area contributed by atoms with Crippen LogP contribution in [0.3, 0.4) is 0 Å². The van der Waals surface area contributed by atoms with Gasteiger partial charge in [0.05, 0.1) is 13.2 Å². The summed E-state index contributed by atoms with van der Waals surface area (Å²) >= 11 is 3.49. The van der Waals surface area contributed by atoms with Crippen LogP contribution in [0.25, 0.3) is 0 Å². The third-order valence-corrected chi connectivity index (χ3v) is 3.48. The highest BCUT2D eigenvalue weighted by molar-refractivity contribution is 9.09. The summed E-state index contributed by atoms with van der Waals surface area (Å²) in [4.78, 5) is 2.44. The van der Waals surface area contributed by atoms with Gasteiger partial charge in [0.1, 0.15) is 0 Å². The van der Waals surface area contributed by atoms with Crippen molar-refractivity contribution in [2.24, 2.45) is 0 Å². The standard InChI is InChI=1S/C13H18BrNO/c14-7-3-5-12-4-1-2-6-13(12)15-8-10-16-11-9-15/h1-2,4,6H,3,5,7-11H2. The molecule has 0 atom stereocenters. The molecule has 1 heterocycles. The molecule has 0 aliphatic carbocycles. The molecule has 0 N–H and O–H groups in total. The van der Waals surface area contributed by atoms with E-state index >= 15 is 0 Å². The fourth-order valence-corrected chi connectivity index (χ4v) is 2.37. The summed E-state index contributed by atoms with van der Waals surface area (Å²) in [6.07, 6.45) is 2.35. The minimum absolute atomic E-state index is 0.854. The van der Waals surface area contributed by atoms with Crippen molar-refractivity contribution in [2.75, 3.05) is 36.5 Å². The van der Waals surface area contributed by atoms with Crippen LogP contribution in [0, 0.1) is 0 Å². The number of alkyl halides is 1. The number of para-hydroxylation sites is 1. The lowest BCUT2D eigenvalue weighted by atomic mass is 10.1. The molecule has 1 fully saturated rings. The lowest BCUT2D eigenvalue weighted by Gasteiger charge is -2.30. The highest BCUT2D eigenvalue weighted by atomic mass is 79.9. The van der Waals surface area contributed by atoms with Crippen molar-refractivity contribution in [3.05, 3.63) is 29.8 Å². The van der Waals surface area contributed by atoms with Gasteiger partial charge in [-0.2, -0.15) is 0 Å². The maximum absolute atomic E-state index is 5.39. The summed E-state index contributed by atoms with van der Waals surface area (Å²) in [6.45, 7) is 3.75. The second-order valence-corrected chi connectivity index (χ2v) is 4.81. The molecule has 1 aliphatic heterocycles. The van der Waals surface area contributed by atoms with Gasteiger partial charge in [-0.05, 0) is 24.5 Å². The van der Waals surface area contributed by atoms with Crippen molar-refractivity contribution in [3.8, 4) is 0 Å². The van der Waals surface area contributed by atoms with E-state index in [9.17, 15) is 0 Å². The molecule has 2 rings (SSSR count). The van der Waals surface area contributed by atoms with Crippen LogP contribution in [0.2, 0.25) is 0 Å². The smallest absolute Gasteiger partial charge is 0.0642 e. The molecule has 88 valence electrons. The van der Waals surface area contributed by atoms with Gasteiger partial charge in [-0.3, -0.25) is 0 Å². The van der Waals surface area contributed by atoms with E-state index in [1.807, 2.05) is 0 Å². The van der Waals surface area contributed by atoms with Crippen LogP contribution in [0.4, 0.5) is 5.69 Å². The molecular formula is C13H18BrNO. The zero-order chi connectivity index (χ0) is 11.2. The molecule has 0 bridgehead atoms. The minimum atomic E-state index is 0.854. The second kappa shape index (κ2) is 6.26. The third kappa shape index (κ3) is 2.98. The van der Waals surface area contributed by atoms with E-state index < -0.39 is 0 Å². The Kier molecular flexibility index (Phi) is 4.67. The van der Waals surface area contributed by atoms with Crippen LogP contribution in [0.5, 0.6) is 0 Å². The summed E-state index contributed by atoms with van der Waals surface area (Å²) in [7, 11) is 0. The fraction of sp³-hybridized carbons (Fsp3) is 0.538. The number of aryl methyl sites for hydroxylation is 1. The molecule has 0 unspecified atom stereocenters. The molecule has 1 aromatic carbocycles. The first-order valence-electron chi connectivity index (χ1n) is 5.88. The van der Waals surface area contributed by atoms with Crippen LogP contribution in [0.1, 0.15) is 12.0 Å². The zero-order valence-corrected chi connectivity index (χ0v) is 11.1. The van der Waals surface area contributed by atoms with Crippen molar-refractivity contribution in [1.29, 1.82) is 0 Å². The van der Waals surface area contributed by atoms with Gasteiger partial charge in [-0.25, -0.2) is 0 Å². The lowest BCUT2D eigenvalue weighted by Crippen LogP contribution is -2.36. The highest BCUT2D eigenvalue weighted by Crippen LogP contribution is 2.22. The van der Waals surface area contributed by atoms with Gasteiger partial charge in [-0.15, -0.1) is 0 Å². The first kappa shape index (κ1) is 11.9. The van der Waals surface area contributed by atoms with Gasteiger partial charge in [0.25, 0.3) is 0 Å². The van der Waals surface area contributed by atoms with Crippen molar-refractivity contribution < 1.29 is 4.74 Å². The topological polar surface area (TPSA) is 12.5 Å². The average Bonchev–Trinajstić information content (AvgIpc) is 2.38. The molecule has 1 saturated heterocycles. The number of halogens is 1. The second-order valence-electron chi connectivity index (χ2n) is 4.02. The van der Waals surface area contributed by atoms with E-state index in [4.69, 9.17) is 4.74 Å². The van der Waals surface area contributed by atoms with Gasteiger partial charge in [0.2, 0.25) is 0 Å². The van der Waals surface area contributed by atoms with Crippen LogP contribution >= 0.6 is 15.9 Å². The molecule has 16 heavy (non-hydrogen) atoms. The van der Waals surface area contributed by atoms with Crippen molar-refractivity contribution in [2.45, 2.75) is 12.8 Å². The quantitative estimate of drug-likeness (QED) is 0.788. The molecule has 0 saturated carbocycles. The SMILES string of the molecule is BrCCCc1ccccc1N1CCOCC1. The number of rotatable bonds is 4. The van der Waals surface area contributed by atoms with Crippen molar-refractivity contribution in [3.63, 3.8) is 0 Å². The summed E-state index contributed by atoms with van der Waals surface area (Å²) in [5.41, 5.74) is 2.86. The van der Waals surface area contributed by atoms with Gasteiger partial charge in [0, 0.05) is 24.1 Å². The number of morpholine rings is 1. The summed E-state index contributed by atoms with van der Waals surface area (Å²) in [6, 6.07) is 8.73. The monoisotopic (exact) mass is 283 g/mol. The van der Waals surface area contributed by atoms with Crippen LogP contribution in [0.15, 0.2) is 24.3 Å². The molecule has 0 aromatic heterocycles. The molecule has 0 amide bonds. The zero-order valence-electron chi connectivity index (χ0n) is 9.49. The van der Waals surface area contributed by atoms with Gasteiger partial charge in [-0.1, -0.05) is 34.1 Å². The van der Waals surface area contributed by atoms with Crippen molar-refractivity contribution in [1.82, 2.24) is 0 Å². The predicted molar refractivity (Wildman–Crippen MR) is 71.6 cm³/mol. The van der Waals surface area contributed by atoms with E-state index in [0.29, 0.717) is 0 Å². The van der Waals surface area contributed by atoms with Gasteiger partial charge < -0.3 is 9.64 Å². The first-order chi connectivity index (χ1) is 7.92. The number of nitrogens with zero attached hydrogens (tertiary/aromatic N) is 1. The Morgan fingerprint density at radius 3 is 2.69 bits per heavy atom.